The number of rotatable bonds is 8. The van der Waals surface area contributed by atoms with Gasteiger partial charge in [-0.15, -0.1) is 11.3 Å². The molecule has 0 spiro atoms. The Bertz CT molecular complexity index is 822. The minimum Gasteiger partial charge on any atom is -0.454 e. The summed E-state index contributed by atoms with van der Waals surface area (Å²) in [5.41, 5.74) is 7.06. The average Bonchev–Trinajstić information content (AvgIpc) is 3.18. The van der Waals surface area contributed by atoms with Crippen LogP contribution in [0, 0.1) is 6.92 Å². The van der Waals surface area contributed by atoms with Crippen LogP contribution in [0.15, 0.2) is 18.2 Å². The molecule has 26 heavy (non-hydrogen) atoms. The third kappa shape index (κ3) is 4.89. The number of hydrogen-bond acceptors (Lipinski definition) is 7. The molecule has 2 aromatic rings. The highest BCUT2D eigenvalue weighted by atomic mass is 32.2. The lowest BCUT2D eigenvalue weighted by Gasteiger charge is -2.02. The zero-order valence-electron chi connectivity index (χ0n) is 14.2. The van der Waals surface area contributed by atoms with E-state index in [4.69, 9.17) is 15.2 Å². The van der Waals surface area contributed by atoms with E-state index in [0.29, 0.717) is 23.7 Å². The molecule has 0 atom stereocenters. The van der Waals surface area contributed by atoms with Crippen molar-refractivity contribution in [3.8, 4) is 11.5 Å². The number of carbonyl (C=O) groups is 2. The Balaban J connectivity index is 1.55. The van der Waals surface area contributed by atoms with Crippen molar-refractivity contribution < 1.29 is 19.1 Å². The summed E-state index contributed by atoms with van der Waals surface area (Å²) >= 11 is 2.81. The highest BCUT2D eigenvalue weighted by Gasteiger charge is 2.15. The Morgan fingerprint density at radius 3 is 2.96 bits per heavy atom. The number of thiazole rings is 1. The summed E-state index contributed by atoms with van der Waals surface area (Å²) in [5, 5.41) is 3.40. The van der Waals surface area contributed by atoms with E-state index >= 15 is 0 Å². The molecule has 0 fully saturated rings. The fourth-order valence-electron chi connectivity index (χ4n) is 2.40. The summed E-state index contributed by atoms with van der Waals surface area (Å²) in [4.78, 5) is 28.1. The minimum absolute atomic E-state index is 0.120. The number of nitrogens with two attached hydrogens (primary N) is 1. The molecule has 1 aliphatic rings. The first-order chi connectivity index (χ1) is 12.5. The van der Waals surface area contributed by atoms with Crippen molar-refractivity contribution in [2.75, 3.05) is 23.6 Å². The first-order valence-electron chi connectivity index (χ1n) is 8.02. The number of primary amides is 1. The third-order valence-corrected chi connectivity index (χ3v) is 5.71. The second-order valence-electron chi connectivity index (χ2n) is 5.71. The van der Waals surface area contributed by atoms with Crippen molar-refractivity contribution >= 4 is 40.0 Å². The normalized spacial score (nSPS) is 12.2. The smallest absolute Gasteiger partial charge is 0.231 e. The van der Waals surface area contributed by atoms with E-state index in [2.05, 4.69) is 10.3 Å². The summed E-state index contributed by atoms with van der Waals surface area (Å²) in [6.07, 6.45) is 1.03. The predicted octanol–water partition coefficient (Wildman–Crippen LogP) is 2.32. The summed E-state index contributed by atoms with van der Waals surface area (Å²) in [6.45, 7) is 2.18. The molecule has 9 heteroatoms. The predicted molar refractivity (Wildman–Crippen MR) is 102 cm³/mol. The number of thioether (sulfide) groups is 1. The van der Waals surface area contributed by atoms with Gasteiger partial charge in [-0.1, -0.05) is 6.07 Å². The van der Waals surface area contributed by atoms with Gasteiger partial charge in [-0.2, -0.15) is 11.8 Å². The zero-order valence-corrected chi connectivity index (χ0v) is 15.9. The maximum Gasteiger partial charge on any atom is 0.231 e. The molecule has 1 aromatic heterocycles. The molecule has 0 saturated heterocycles. The molecule has 1 aliphatic heterocycles. The van der Waals surface area contributed by atoms with Crippen LogP contribution in [0.1, 0.15) is 22.6 Å². The van der Waals surface area contributed by atoms with Crippen LogP contribution in [0.5, 0.6) is 11.5 Å². The number of aryl methyl sites for hydroxylation is 1. The SMILES string of the molecule is Cc1nc(NC(=O)CCSCC(N)=O)sc1Cc1ccc2c(c1)OCO2. The van der Waals surface area contributed by atoms with Gasteiger partial charge in [-0.3, -0.25) is 9.59 Å². The molecule has 0 unspecified atom stereocenters. The van der Waals surface area contributed by atoms with Gasteiger partial charge in [0.1, 0.15) is 0 Å². The number of ether oxygens (including phenoxy) is 2. The average molecular weight is 393 g/mol. The lowest BCUT2D eigenvalue weighted by Crippen LogP contribution is -2.15. The van der Waals surface area contributed by atoms with Gasteiger partial charge in [-0.25, -0.2) is 4.98 Å². The number of aromatic nitrogens is 1. The topological polar surface area (TPSA) is 104 Å². The highest BCUT2D eigenvalue weighted by Crippen LogP contribution is 2.34. The van der Waals surface area contributed by atoms with Crippen molar-refractivity contribution in [2.45, 2.75) is 19.8 Å². The number of nitrogens with zero attached hydrogens (tertiary/aromatic N) is 1. The van der Waals surface area contributed by atoms with E-state index in [9.17, 15) is 9.59 Å². The second kappa shape index (κ2) is 8.41. The molecule has 0 radical (unpaired) electrons. The number of fused-ring (bicyclic) bond motifs is 1. The fraction of sp³-hybridized carbons (Fsp3) is 0.353. The summed E-state index contributed by atoms with van der Waals surface area (Å²) in [5.74, 6) is 1.79. The largest absolute Gasteiger partial charge is 0.454 e. The minimum atomic E-state index is -0.376. The molecule has 3 N–H and O–H groups in total. The van der Waals surface area contributed by atoms with Crippen molar-refractivity contribution in [1.82, 2.24) is 4.98 Å². The molecule has 0 saturated carbocycles. The number of anilines is 1. The van der Waals surface area contributed by atoms with E-state index < -0.39 is 0 Å². The van der Waals surface area contributed by atoms with Crippen molar-refractivity contribution in [3.05, 3.63) is 34.3 Å². The van der Waals surface area contributed by atoms with Crippen LogP contribution in [-0.2, 0) is 16.0 Å². The summed E-state index contributed by atoms with van der Waals surface area (Å²) < 4.78 is 10.7. The van der Waals surface area contributed by atoms with Crippen molar-refractivity contribution in [2.24, 2.45) is 5.73 Å². The van der Waals surface area contributed by atoms with Crippen LogP contribution in [0.4, 0.5) is 5.13 Å². The quantitative estimate of drug-likeness (QED) is 0.667. The second-order valence-corrected chi connectivity index (χ2v) is 7.90. The molecule has 1 aromatic carbocycles. The zero-order chi connectivity index (χ0) is 18.5. The Morgan fingerprint density at radius 2 is 2.15 bits per heavy atom. The monoisotopic (exact) mass is 393 g/mol. The number of amides is 2. The van der Waals surface area contributed by atoms with Gasteiger partial charge < -0.3 is 20.5 Å². The van der Waals surface area contributed by atoms with E-state index in [1.54, 1.807) is 0 Å². The van der Waals surface area contributed by atoms with Gasteiger partial charge in [-0.05, 0) is 24.6 Å². The number of benzene rings is 1. The van der Waals surface area contributed by atoms with E-state index in [1.165, 1.54) is 23.1 Å². The van der Waals surface area contributed by atoms with Crippen LogP contribution in [0.2, 0.25) is 0 Å². The maximum atomic E-state index is 12.0. The van der Waals surface area contributed by atoms with E-state index in [-0.39, 0.29) is 24.4 Å². The standard InChI is InChI=1S/C17H19N3O4S2/c1-10-14(7-11-2-3-12-13(6-11)24-9-23-12)26-17(19-10)20-16(22)4-5-25-8-15(18)21/h2-3,6H,4-5,7-9H2,1H3,(H2,18,21)(H,19,20,22). The summed E-state index contributed by atoms with van der Waals surface area (Å²) in [6, 6.07) is 5.87. The maximum absolute atomic E-state index is 12.0. The van der Waals surface area contributed by atoms with E-state index in [0.717, 1.165) is 27.6 Å². The van der Waals surface area contributed by atoms with Crippen molar-refractivity contribution in [3.63, 3.8) is 0 Å². The first kappa shape index (κ1) is 18.5. The third-order valence-electron chi connectivity index (χ3n) is 3.66. The Kier molecular flexibility index (Phi) is 6.00. The molecule has 0 bridgehead atoms. The Labute approximate surface area is 159 Å². The van der Waals surface area contributed by atoms with Crippen LogP contribution in [0.25, 0.3) is 0 Å². The fourth-order valence-corrected chi connectivity index (χ4v) is 4.09. The van der Waals surface area contributed by atoms with Gasteiger partial charge in [0.15, 0.2) is 16.6 Å². The molecule has 2 heterocycles. The van der Waals surface area contributed by atoms with Crippen LogP contribution >= 0.6 is 23.1 Å². The number of hydrogen-bond donors (Lipinski definition) is 2. The molecular formula is C17H19N3O4S2. The van der Waals surface area contributed by atoms with Crippen LogP contribution in [-0.4, -0.2) is 35.1 Å². The number of nitrogens with one attached hydrogen (secondary N) is 1. The number of carbonyl (C=O) groups excluding carboxylic acids is 2. The highest BCUT2D eigenvalue weighted by molar-refractivity contribution is 7.99. The summed E-state index contributed by atoms with van der Waals surface area (Å²) in [7, 11) is 0. The van der Waals surface area contributed by atoms with Crippen LogP contribution in [0.3, 0.4) is 0 Å². The lowest BCUT2D eigenvalue weighted by molar-refractivity contribution is -0.116. The molecule has 2 amide bonds. The van der Waals surface area contributed by atoms with E-state index in [1.807, 2.05) is 25.1 Å². The van der Waals surface area contributed by atoms with Gasteiger partial charge in [0, 0.05) is 23.5 Å². The molecule has 7 nitrogen and oxygen atoms in total. The van der Waals surface area contributed by atoms with Gasteiger partial charge in [0.05, 0.1) is 11.4 Å². The van der Waals surface area contributed by atoms with Gasteiger partial charge in [0.2, 0.25) is 18.6 Å². The Morgan fingerprint density at radius 1 is 1.35 bits per heavy atom. The molecule has 3 rings (SSSR count). The Hall–Kier alpha value is -2.26. The molecule has 0 aliphatic carbocycles. The first-order valence-corrected chi connectivity index (χ1v) is 9.99. The van der Waals surface area contributed by atoms with Crippen molar-refractivity contribution in [1.29, 1.82) is 0 Å². The van der Waals surface area contributed by atoms with Gasteiger partial charge >= 0.3 is 0 Å². The van der Waals surface area contributed by atoms with Gasteiger partial charge in [0.25, 0.3) is 0 Å². The molecular weight excluding hydrogens is 374 g/mol. The lowest BCUT2D eigenvalue weighted by atomic mass is 10.1. The van der Waals surface area contributed by atoms with Crippen LogP contribution < -0.4 is 20.5 Å². The molecule has 138 valence electrons.